The standard InChI is InChI=1S/C17H24N2/c1-13-6-7-14(16(2,3)4)10-15(13)19(5)12-17(11-18)8-9-17/h6-7,10H,8-9,12H2,1-5H3. The Bertz CT molecular complexity index is 513. The number of nitriles is 1. The third-order valence-electron chi connectivity index (χ3n) is 4.12. The van der Waals surface area contributed by atoms with Gasteiger partial charge in [0, 0.05) is 19.3 Å². The van der Waals surface area contributed by atoms with Crippen LogP contribution in [-0.2, 0) is 5.41 Å². The fraction of sp³-hybridized carbons (Fsp3) is 0.588. The Morgan fingerprint density at radius 2 is 1.95 bits per heavy atom. The van der Waals surface area contributed by atoms with Crippen LogP contribution in [0, 0.1) is 23.7 Å². The second kappa shape index (κ2) is 4.56. The van der Waals surface area contributed by atoms with Crippen molar-refractivity contribution >= 4 is 5.69 Å². The first-order chi connectivity index (χ1) is 8.77. The van der Waals surface area contributed by atoms with Gasteiger partial charge in [-0.05, 0) is 42.4 Å². The molecule has 0 spiro atoms. The fourth-order valence-electron chi connectivity index (χ4n) is 2.48. The second-order valence-corrected chi connectivity index (χ2v) is 7.00. The number of aryl methyl sites for hydroxylation is 1. The van der Waals surface area contributed by atoms with Crippen LogP contribution in [-0.4, -0.2) is 13.6 Å². The molecule has 0 radical (unpaired) electrons. The quantitative estimate of drug-likeness (QED) is 0.816. The van der Waals surface area contributed by atoms with Crippen LogP contribution in [0.1, 0.15) is 44.7 Å². The van der Waals surface area contributed by atoms with Gasteiger partial charge >= 0.3 is 0 Å². The van der Waals surface area contributed by atoms with Crippen LogP contribution < -0.4 is 4.90 Å². The van der Waals surface area contributed by atoms with Gasteiger partial charge in [-0.25, -0.2) is 0 Å². The molecule has 2 heteroatoms. The van der Waals surface area contributed by atoms with Gasteiger partial charge in [-0.1, -0.05) is 32.9 Å². The van der Waals surface area contributed by atoms with Gasteiger partial charge in [0.25, 0.3) is 0 Å². The van der Waals surface area contributed by atoms with Crippen LogP contribution in [0.4, 0.5) is 5.69 Å². The summed E-state index contributed by atoms with van der Waals surface area (Å²) in [6, 6.07) is 9.16. The highest BCUT2D eigenvalue weighted by atomic mass is 15.1. The van der Waals surface area contributed by atoms with Crippen molar-refractivity contribution in [3.63, 3.8) is 0 Å². The van der Waals surface area contributed by atoms with E-state index in [-0.39, 0.29) is 10.8 Å². The monoisotopic (exact) mass is 256 g/mol. The van der Waals surface area contributed by atoms with Gasteiger partial charge in [0.2, 0.25) is 0 Å². The van der Waals surface area contributed by atoms with Crippen molar-refractivity contribution in [3.8, 4) is 6.07 Å². The van der Waals surface area contributed by atoms with E-state index in [0.29, 0.717) is 0 Å². The first-order valence-electron chi connectivity index (χ1n) is 7.01. The van der Waals surface area contributed by atoms with Crippen molar-refractivity contribution in [2.45, 2.75) is 46.0 Å². The number of anilines is 1. The summed E-state index contributed by atoms with van der Waals surface area (Å²) in [5.74, 6) is 0. The molecule has 102 valence electrons. The van der Waals surface area contributed by atoms with Gasteiger partial charge in [-0.2, -0.15) is 5.26 Å². The molecule has 0 bridgehead atoms. The largest absolute Gasteiger partial charge is 0.373 e. The molecule has 1 aromatic rings. The SMILES string of the molecule is Cc1ccc(C(C)(C)C)cc1N(C)CC1(C#N)CC1. The summed E-state index contributed by atoms with van der Waals surface area (Å²) in [4.78, 5) is 2.25. The number of hydrogen-bond acceptors (Lipinski definition) is 2. The van der Waals surface area contributed by atoms with Crippen LogP contribution in [0.15, 0.2) is 18.2 Å². The Kier molecular flexibility index (Phi) is 3.34. The third-order valence-corrected chi connectivity index (χ3v) is 4.12. The Hall–Kier alpha value is -1.49. The molecule has 0 aromatic heterocycles. The molecule has 0 atom stereocenters. The van der Waals surface area contributed by atoms with Crippen LogP contribution in [0.2, 0.25) is 0 Å². The van der Waals surface area contributed by atoms with Crippen LogP contribution in [0.25, 0.3) is 0 Å². The lowest BCUT2D eigenvalue weighted by Gasteiger charge is -2.27. The lowest BCUT2D eigenvalue weighted by Crippen LogP contribution is -2.26. The molecule has 1 aromatic carbocycles. The van der Waals surface area contributed by atoms with Crippen LogP contribution >= 0.6 is 0 Å². The van der Waals surface area contributed by atoms with Crippen molar-refractivity contribution in [1.82, 2.24) is 0 Å². The maximum Gasteiger partial charge on any atom is 0.0749 e. The average molecular weight is 256 g/mol. The molecule has 1 aliphatic carbocycles. The molecule has 0 heterocycles. The molecular formula is C17H24N2. The predicted octanol–water partition coefficient (Wildman–Crippen LogP) is 4.03. The zero-order valence-electron chi connectivity index (χ0n) is 12.7. The van der Waals surface area contributed by atoms with Gasteiger partial charge < -0.3 is 4.90 Å². The van der Waals surface area contributed by atoms with E-state index >= 15 is 0 Å². The summed E-state index contributed by atoms with van der Waals surface area (Å²) >= 11 is 0. The Balaban J connectivity index is 2.26. The minimum Gasteiger partial charge on any atom is -0.373 e. The smallest absolute Gasteiger partial charge is 0.0749 e. The molecule has 19 heavy (non-hydrogen) atoms. The maximum absolute atomic E-state index is 9.23. The molecule has 0 N–H and O–H groups in total. The fourth-order valence-corrected chi connectivity index (χ4v) is 2.48. The lowest BCUT2D eigenvalue weighted by molar-refractivity contribution is 0.589. The van der Waals surface area contributed by atoms with Crippen molar-refractivity contribution in [2.75, 3.05) is 18.5 Å². The van der Waals surface area contributed by atoms with E-state index in [1.807, 2.05) is 0 Å². The highest BCUT2D eigenvalue weighted by molar-refractivity contribution is 5.56. The number of rotatable bonds is 3. The van der Waals surface area contributed by atoms with E-state index in [4.69, 9.17) is 0 Å². The first-order valence-corrected chi connectivity index (χ1v) is 7.01. The van der Waals surface area contributed by atoms with Crippen molar-refractivity contribution in [3.05, 3.63) is 29.3 Å². The number of hydrogen-bond donors (Lipinski definition) is 0. The summed E-state index contributed by atoms with van der Waals surface area (Å²) in [5.41, 5.74) is 3.97. The number of nitrogens with zero attached hydrogens (tertiary/aromatic N) is 2. The summed E-state index contributed by atoms with van der Waals surface area (Å²) in [7, 11) is 2.10. The molecule has 1 aliphatic rings. The number of benzene rings is 1. The van der Waals surface area contributed by atoms with Gasteiger partial charge in [0.05, 0.1) is 11.5 Å². The minimum absolute atomic E-state index is 0.0844. The Labute approximate surface area is 117 Å². The Morgan fingerprint density at radius 3 is 2.42 bits per heavy atom. The third kappa shape index (κ3) is 2.92. The highest BCUT2D eigenvalue weighted by Gasteiger charge is 2.44. The maximum atomic E-state index is 9.23. The average Bonchev–Trinajstić information content (AvgIpc) is 3.08. The van der Waals surface area contributed by atoms with E-state index in [2.05, 4.69) is 63.9 Å². The van der Waals surface area contributed by atoms with Gasteiger partial charge in [0.1, 0.15) is 0 Å². The molecule has 0 aliphatic heterocycles. The second-order valence-electron chi connectivity index (χ2n) is 7.00. The van der Waals surface area contributed by atoms with Gasteiger partial charge in [0.15, 0.2) is 0 Å². The molecule has 0 saturated heterocycles. The molecule has 0 unspecified atom stereocenters. The zero-order valence-corrected chi connectivity index (χ0v) is 12.7. The van der Waals surface area contributed by atoms with Crippen LogP contribution in [0.3, 0.4) is 0 Å². The van der Waals surface area contributed by atoms with E-state index in [1.165, 1.54) is 16.8 Å². The van der Waals surface area contributed by atoms with E-state index < -0.39 is 0 Å². The van der Waals surface area contributed by atoms with Crippen molar-refractivity contribution < 1.29 is 0 Å². The normalized spacial score (nSPS) is 16.8. The molecule has 2 nitrogen and oxygen atoms in total. The molecule has 2 rings (SSSR count). The highest BCUT2D eigenvalue weighted by Crippen LogP contribution is 2.46. The van der Waals surface area contributed by atoms with E-state index in [1.54, 1.807) is 0 Å². The molecule has 0 amide bonds. The predicted molar refractivity (Wildman–Crippen MR) is 80.4 cm³/mol. The van der Waals surface area contributed by atoms with E-state index in [9.17, 15) is 5.26 Å². The molecular weight excluding hydrogens is 232 g/mol. The minimum atomic E-state index is -0.0844. The summed E-state index contributed by atoms with van der Waals surface area (Å²) in [6.45, 7) is 9.69. The first kappa shape index (κ1) is 13.9. The zero-order chi connectivity index (χ0) is 14.3. The summed E-state index contributed by atoms with van der Waals surface area (Å²) in [6.07, 6.45) is 2.09. The van der Waals surface area contributed by atoms with Crippen LogP contribution in [0.5, 0.6) is 0 Å². The van der Waals surface area contributed by atoms with Crippen molar-refractivity contribution in [1.29, 1.82) is 5.26 Å². The lowest BCUT2D eigenvalue weighted by atomic mass is 9.86. The van der Waals surface area contributed by atoms with Gasteiger partial charge in [-0.15, -0.1) is 0 Å². The van der Waals surface area contributed by atoms with E-state index in [0.717, 1.165) is 19.4 Å². The van der Waals surface area contributed by atoms with Gasteiger partial charge in [-0.3, -0.25) is 0 Å². The summed E-state index contributed by atoms with van der Waals surface area (Å²) in [5, 5.41) is 9.23. The topological polar surface area (TPSA) is 27.0 Å². The molecule has 1 saturated carbocycles. The Morgan fingerprint density at radius 1 is 1.32 bits per heavy atom. The van der Waals surface area contributed by atoms with Crippen molar-refractivity contribution in [2.24, 2.45) is 5.41 Å². The summed E-state index contributed by atoms with van der Waals surface area (Å²) < 4.78 is 0. The molecule has 1 fully saturated rings.